The fourth-order valence-electron chi connectivity index (χ4n) is 4.10. The maximum Gasteiger partial charge on any atom is 0.263 e. The molecule has 2 amide bonds. The number of aryl methyl sites for hydroxylation is 2. The average Bonchev–Trinajstić information content (AvgIpc) is 3.27. The van der Waals surface area contributed by atoms with Crippen LogP contribution in [0.15, 0.2) is 23.1 Å². The zero-order valence-electron chi connectivity index (χ0n) is 18.2. The van der Waals surface area contributed by atoms with Crippen LogP contribution in [0.25, 0.3) is 0 Å². The Morgan fingerprint density at radius 2 is 1.97 bits per heavy atom. The predicted molar refractivity (Wildman–Crippen MR) is 114 cm³/mol. The third kappa shape index (κ3) is 4.98. The van der Waals surface area contributed by atoms with Crippen molar-refractivity contribution >= 4 is 11.8 Å². The van der Waals surface area contributed by atoms with Crippen molar-refractivity contribution in [1.29, 1.82) is 0 Å². The molecular formula is C22H31N5O3. The van der Waals surface area contributed by atoms with Gasteiger partial charge in [-0.15, -0.1) is 0 Å². The summed E-state index contributed by atoms with van der Waals surface area (Å²) in [5.41, 5.74) is 2.67. The minimum Gasteiger partial charge on any atom is -0.352 e. The summed E-state index contributed by atoms with van der Waals surface area (Å²) in [6.45, 7) is 5.76. The van der Waals surface area contributed by atoms with E-state index in [1.54, 1.807) is 12.3 Å². The molecule has 0 aliphatic heterocycles. The Morgan fingerprint density at radius 3 is 2.60 bits per heavy atom. The Bertz CT molecular complexity index is 985. The van der Waals surface area contributed by atoms with E-state index in [9.17, 15) is 14.4 Å². The second-order valence-corrected chi connectivity index (χ2v) is 8.26. The standard InChI is InChI=1S/C22H31N5O3/c1-14(12-19-15(2)25-26(4)16(19)3)23-21(29)18-10-7-11-27(22(18)30)13-20(28)24-17-8-5-6-9-17/h7,10-11,14,17H,5-6,8-9,12-13H2,1-4H3,(H,23,29)(H,24,28). The van der Waals surface area contributed by atoms with Crippen LogP contribution in [-0.2, 0) is 24.8 Å². The summed E-state index contributed by atoms with van der Waals surface area (Å²) >= 11 is 0. The molecule has 1 fully saturated rings. The smallest absolute Gasteiger partial charge is 0.263 e. The van der Waals surface area contributed by atoms with Crippen LogP contribution < -0.4 is 16.2 Å². The number of hydrogen-bond acceptors (Lipinski definition) is 4. The molecule has 3 rings (SSSR count). The van der Waals surface area contributed by atoms with Crippen molar-refractivity contribution < 1.29 is 9.59 Å². The minimum atomic E-state index is -0.461. The number of rotatable bonds is 7. The van der Waals surface area contributed by atoms with E-state index in [0.717, 1.165) is 42.6 Å². The van der Waals surface area contributed by atoms with E-state index in [0.29, 0.717) is 6.42 Å². The number of pyridine rings is 1. The largest absolute Gasteiger partial charge is 0.352 e. The van der Waals surface area contributed by atoms with E-state index < -0.39 is 11.5 Å². The highest BCUT2D eigenvalue weighted by atomic mass is 16.2. The van der Waals surface area contributed by atoms with Crippen molar-refractivity contribution in [3.63, 3.8) is 0 Å². The molecule has 1 saturated carbocycles. The molecule has 2 aromatic rings. The molecule has 162 valence electrons. The molecule has 0 spiro atoms. The van der Waals surface area contributed by atoms with E-state index in [1.807, 2.05) is 32.5 Å². The van der Waals surface area contributed by atoms with E-state index in [4.69, 9.17) is 0 Å². The van der Waals surface area contributed by atoms with Crippen molar-refractivity contribution in [2.75, 3.05) is 0 Å². The Kier molecular flexibility index (Phi) is 6.74. The number of nitrogens with zero attached hydrogens (tertiary/aromatic N) is 3. The van der Waals surface area contributed by atoms with E-state index in [1.165, 1.54) is 10.6 Å². The molecule has 0 saturated heterocycles. The normalized spacial score (nSPS) is 15.2. The van der Waals surface area contributed by atoms with Crippen LogP contribution in [0.2, 0.25) is 0 Å². The Hall–Kier alpha value is -2.90. The van der Waals surface area contributed by atoms with Gasteiger partial charge in [-0.3, -0.25) is 19.1 Å². The lowest BCUT2D eigenvalue weighted by Gasteiger charge is -2.15. The van der Waals surface area contributed by atoms with Crippen LogP contribution in [0.5, 0.6) is 0 Å². The van der Waals surface area contributed by atoms with E-state index >= 15 is 0 Å². The molecule has 0 radical (unpaired) electrons. The maximum absolute atomic E-state index is 12.7. The number of hydrogen-bond donors (Lipinski definition) is 2. The fraction of sp³-hybridized carbons (Fsp3) is 0.545. The molecule has 0 aromatic carbocycles. The summed E-state index contributed by atoms with van der Waals surface area (Å²) in [4.78, 5) is 37.7. The molecule has 2 aromatic heterocycles. The van der Waals surface area contributed by atoms with Crippen LogP contribution in [0.3, 0.4) is 0 Å². The molecule has 1 unspecified atom stereocenters. The second-order valence-electron chi connectivity index (χ2n) is 8.26. The van der Waals surface area contributed by atoms with Gasteiger partial charge < -0.3 is 15.2 Å². The maximum atomic E-state index is 12.7. The Morgan fingerprint density at radius 1 is 1.27 bits per heavy atom. The van der Waals surface area contributed by atoms with Crippen LogP contribution in [0.1, 0.15) is 59.9 Å². The summed E-state index contributed by atoms with van der Waals surface area (Å²) in [6.07, 6.45) is 6.38. The highest BCUT2D eigenvalue weighted by Gasteiger charge is 2.20. The van der Waals surface area contributed by atoms with Crippen LogP contribution in [-0.4, -0.2) is 38.2 Å². The Balaban J connectivity index is 1.64. The van der Waals surface area contributed by atoms with Gasteiger partial charge in [-0.05, 0) is 57.7 Å². The number of nitrogens with one attached hydrogen (secondary N) is 2. The summed E-state index contributed by atoms with van der Waals surface area (Å²) in [5, 5.41) is 10.3. The van der Waals surface area contributed by atoms with Gasteiger partial charge in [0.2, 0.25) is 5.91 Å². The molecule has 1 aliphatic carbocycles. The van der Waals surface area contributed by atoms with Gasteiger partial charge >= 0.3 is 0 Å². The van der Waals surface area contributed by atoms with Crippen molar-refractivity contribution in [3.05, 3.63) is 51.2 Å². The van der Waals surface area contributed by atoms with Crippen LogP contribution in [0, 0.1) is 13.8 Å². The molecule has 2 heterocycles. The molecule has 1 aliphatic rings. The first-order chi connectivity index (χ1) is 14.3. The zero-order valence-corrected chi connectivity index (χ0v) is 18.2. The third-order valence-corrected chi connectivity index (χ3v) is 5.85. The minimum absolute atomic E-state index is 0.0395. The number of carbonyl (C=O) groups is 2. The zero-order chi connectivity index (χ0) is 21.8. The van der Waals surface area contributed by atoms with Gasteiger partial charge in [0.05, 0.1) is 5.69 Å². The quantitative estimate of drug-likeness (QED) is 0.721. The van der Waals surface area contributed by atoms with Crippen molar-refractivity contribution in [1.82, 2.24) is 25.0 Å². The summed E-state index contributed by atoms with van der Waals surface area (Å²) in [6, 6.07) is 3.15. The summed E-state index contributed by atoms with van der Waals surface area (Å²) in [7, 11) is 1.89. The molecule has 30 heavy (non-hydrogen) atoms. The lowest BCUT2D eigenvalue weighted by molar-refractivity contribution is -0.122. The van der Waals surface area contributed by atoms with E-state index in [-0.39, 0.29) is 30.1 Å². The Labute approximate surface area is 176 Å². The first-order valence-corrected chi connectivity index (χ1v) is 10.5. The second kappa shape index (κ2) is 9.28. The highest BCUT2D eigenvalue weighted by Crippen LogP contribution is 2.17. The molecule has 2 N–H and O–H groups in total. The van der Waals surface area contributed by atoms with Crippen LogP contribution >= 0.6 is 0 Å². The first-order valence-electron chi connectivity index (χ1n) is 10.5. The molecule has 0 bridgehead atoms. The molecule has 8 heteroatoms. The fourth-order valence-corrected chi connectivity index (χ4v) is 4.10. The summed E-state index contributed by atoms with van der Waals surface area (Å²) < 4.78 is 3.12. The van der Waals surface area contributed by atoms with Gasteiger partial charge in [0.25, 0.3) is 11.5 Å². The van der Waals surface area contributed by atoms with Gasteiger partial charge in [0.1, 0.15) is 12.1 Å². The predicted octanol–water partition coefficient (Wildman–Crippen LogP) is 1.62. The molecule has 8 nitrogen and oxygen atoms in total. The van der Waals surface area contributed by atoms with Gasteiger partial charge in [0, 0.05) is 31.0 Å². The lowest BCUT2D eigenvalue weighted by Crippen LogP contribution is -2.41. The number of carbonyl (C=O) groups excluding carboxylic acids is 2. The van der Waals surface area contributed by atoms with Gasteiger partial charge in [-0.25, -0.2) is 0 Å². The molecule has 1 atom stereocenters. The average molecular weight is 414 g/mol. The SMILES string of the molecule is Cc1nn(C)c(C)c1CC(C)NC(=O)c1cccn(CC(=O)NC2CCCC2)c1=O. The number of aromatic nitrogens is 3. The van der Waals surface area contributed by atoms with Crippen LogP contribution in [0.4, 0.5) is 0 Å². The van der Waals surface area contributed by atoms with E-state index in [2.05, 4.69) is 15.7 Å². The van der Waals surface area contributed by atoms with Gasteiger partial charge in [-0.2, -0.15) is 5.10 Å². The van der Waals surface area contributed by atoms with Crippen molar-refractivity contribution in [3.8, 4) is 0 Å². The van der Waals surface area contributed by atoms with Gasteiger partial charge in [-0.1, -0.05) is 12.8 Å². The number of amides is 2. The highest BCUT2D eigenvalue weighted by molar-refractivity contribution is 5.94. The van der Waals surface area contributed by atoms with Crippen molar-refractivity contribution in [2.24, 2.45) is 7.05 Å². The first kappa shape index (κ1) is 21.8. The third-order valence-electron chi connectivity index (χ3n) is 5.85. The van der Waals surface area contributed by atoms with Gasteiger partial charge in [0.15, 0.2) is 0 Å². The van der Waals surface area contributed by atoms with Crippen molar-refractivity contribution in [2.45, 2.75) is 71.5 Å². The lowest BCUT2D eigenvalue weighted by atomic mass is 10.0. The topological polar surface area (TPSA) is 98.0 Å². The molecular weight excluding hydrogens is 382 g/mol. The monoisotopic (exact) mass is 413 g/mol. The summed E-state index contributed by atoms with van der Waals surface area (Å²) in [5.74, 6) is -0.630.